The topological polar surface area (TPSA) is 63.2 Å². The van der Waals surface area contributed by atoms with Gasteiger partial charge >= 0.3 is 0 Å². The zero-order valence-corrected chi connectivity index (χ0v) is 12.0. The molecule has 0 spiro atoms. The minimum atomic E-state index is -0.0524. The number of hydrogen-bond donors (Lipinski definition) is 2. The number of ether oxygens (including phenoxy) is 1. The van der Waals surface area contributed by atoms with Crippen LogP contribution >= 0.6 is 24.0 Å². The van der Waals surface area contributed by atoms with Crippen LogP contribution in [0.25, 0.3) is 0 Å². The van der Waals surface area contributed by atoms with E-state index in [1.807, 2.05) is 0 Å². The average molecular weight is 306 g/mol. The third kappa shape index (κ3) is 4.86. The molecule has 2 N–H and O–H groups in total. The molecule has 1 aromatic rings. The second kappa shape index (κ2) is 8.19. The second-order valence-electron chi connectivity index (χ2n) is 4.08. The summed E-state index contributed by atoms with van der Waals surface area (Å²) >= 11 is 5.88. The first kappa shape index (κ1) is 16.0. The van der Waals surface area contributed by atoms with Crippen LogP contribution in [0.1, 0.15) is 12.8 Å². The fourth-order valence-corrected chi connectivity index (χ4v) is 2.01. The number of hydrogen-bond acceptors (Lipinski definition) is 4. The normalized spacial score (nSPS) is 17.6. The number of carbonyl (C=O) groups is 1. The molecule has 2 rings (SSSR count). The predicted molar refractivity (Wildman–Crippen MR) is 76.0 cm³/mol. The Morgan fingerprint density at radius 2 is 2.47 bits per heavy atom. The molecule has 1 unspecified atom stereocenters. The first-order chi connectivity index (χ1) is 8.77. The van der Waals surface area contributed by atoms with Crippen LogP contribution in [0.3, 0.4) is 0 Å². The number of pyridine rings is 1. The van der Waals surface area contributed by atoms with E-state index in [1.54, 1.807) is 18.3 Å². The van der Waals surface area contributed by atoms with Crippen molar-refractivity contribution in [3.8, 4) is 5.88 Å². The smallest absolute Gasteiger partial charge is 0.237 e. The van der Waals surface area contributed by atoms with Crippen molar-refractivity contribution in [1.82, 2.24) is 15.6 Å². The molecule has 0 aliphatic carbocycles. The molecular formula is C12H17Cl2N3O2. The molecule has 0 aromatic carbocycles. The minimum Gasteiger partial charge on any atom is -0.475 e. The van der Waals surface area contributed by atoms with Gasteiger partial charge < -0.3 is 15.4 Å². The lowest BCUT2D eigenvalue weighted by Crippen LogP contribution is -2.41. The lowest BCUT2D eigenvalue weighted by molar-refractivity contribution is -0.122. The Kier molecular flexibility index (Phi) is 6.91. The van der Waals surface area contributed by atoms with Crippen molar-refractivity contribution in [2.24, 2.45) is 0 Å². The molecule has 0 radical (unpaired) electrons. The number of nitrogens with zero attached hydrogens (tertiary/aromatic N) is 1. The summed E-state index contributed by atoms with van der Waals surface area (Å²) in [6, 6.07) is 3.40. The van der Waals surface area contributed by atoms with Crippen molar-refractivity contribution in [2.45, 2.75) is 18.9 Å². The molecule has 1 saturated heterocycles. The van der Waals surface area contributed by atoms with Crippen molar-refractivity contribution < 1.29 is 9.53 Å². The highest BCUT2D eigenvalue weighted by atomic mass is 35.5. The lowest BCUT2D eigenvalue weighted by atomic mass is 10.2. The van der Waals surface area contributed by atoms with Gasteiger partial charge in [0.15, 0.2) is 0 Å². The fraction of sp³-hybridized carbons (Fsp3) is 0.500. The molecule has 1 fully saturated rings. The summed E-state index contributed by atoms with van der Waals surface area (Å²) in [7, 11) is 0. The van der Waals surface area contributed by atoms with Gasteiger partial charge in [0.25, 0.3) is 0 Å². The van der Waals surface area contributed by atoms with Gasteiger partial charge in [0.1, 0.15) is 11.6 Å². The Morgan fingerprint density at radius 1 is 1.63 bits per heavy atom. The first-order valence-corrected chi connectivity index (χ1v) is 6.39. The van der Waals surface area contributed by atoms with E-state index in [2.05, 4.69) is 15.6 Å². The highest BCUT2D eigenvalue weighted by Gasteiger charge is 2.21. The number of rotatable bonds is 5. The number of halogens is 2. The molecule has 0 saturated carbocycles. The van der Waals surface area contributed by atoms with Crippen LogP contribution in [0.2, 0.25) is 5.02 Å². The quantitative estimate of drug-likeness (QED) is 0.807. The summed E-state index contributed by atoms with van der Waals surface area (Å²) in [4.78, 5) is 15.6. The zero-order chi connectivity index (χ0) is 12.8. The van der Waals surface area contributed by atoms with Crippen molar-refractivity contribution in [3.05, 3.63) is 23.4 Å². The minimum absolute atomic E-state index is 0. The summed E-state index contributed by atoms with van der Waals surface area (Å²) in [5, 5.41) is 6.43. The molecule has 0 bridgehead atoms. The summed E-state index contributed by atoms with van der Waals surface area (Å²) in [5.74, 6) is 0.427. The Balaban J connectivity index is 0.00000180. The second-order valence-corrected chi connectivity index (χ2v) is 4.49. The molecule has 1 aromatic heterocycles. The Hall–Kier alpha value is -1.04. The highest BCUT2D eigenvalue weighted by Crippen LogP contribution is 2.19. The fourth-order valence-electron chi connectivity index (χ4n) is 1.83. The van der Waals surface area contributed by atoms with Crippen LogP contribution in [0, 0.1) is 0 Å². The van der Waals surface area contributed by atoms with E-state index in [1.165, 1.54) is 0 Å². The van der Waals surface area contributed by atoms with Gasteiger partial charge in [-0.2, -0.15) is 0 Å². The maximum atomic E-state index is 11.7. The van der Waals surface area contributed by atoms with Crippen LogP contribution in [0.15, 0.2) is 18.3 Å². The molecule has 106 valence electrons. The van der Waals surface area contributed by atoms with Crippen LogP contribution < -0.4 is 15.4 Å². The Labute approximate surface area is 123 Å². The van der Waals surface area contributed by atoms with Gasteiger partial charge in [0.05, 0.1) is 12.6 Å². The maximum absolute atomic E-state index is 11.7. The summed E-state index contributed by atoms with van der Waals surface area (Å²) in [5.41, 5.74) is 0. The van der Waals surface area contributed by atoms with E-state index in [0.717, 1.165) is 19.4 Å². The molecule has 19 heavy (non-hydrogen) atoms. The van der Waals surface area contributed by atoms with E-state index >= 15 is 0 Å². The Bertz CT molecular complexity index is 412. The summed E-state index contributed by atoms with van der Waals surface area (Å²) in [6.07, 6.45) is 3.57. The van der Waals surface area contributed by atoms with E-state index in [-0.39, 0.29) is 24.4 Å². The van der Waals surface area contributed by atoms with Crippen molar-refractivity contribution >= 4 is 29.9 Å². The molecule has 1 aliphatic heterocycles. The SMILES string of the molecule is Cl.O=C(NCCOc1ncccc1Cl)C1CCCN1. The number of nitrogens with one attached hydrogen (secondary N) is 2. The van der Waals surface area contributed by atoms with Gasteiger partial charge in [-0.05, 0) is 31.5 Å². The van der Waals surface area contributed by atoms with E-state index in [9.17, 15) is 4.79 Å². The van der Waals surface area contributed by atoms with Crippen molar-refractivity contribution in [3.63, 3.8) is 0 Å². The number of carbonyl (C=O) groups excluding carboxylic acids is 1. The third-order valence-corrected chi connectivity index (χ3v) is 3.03. The van der Waals surface area contributed by atoms with Gasteiger partial charge in [0, 0.05) is 6.20 Å². The standard InChI is InChI=1S/C12H16ClN3O2.ClH/c13-9-3-1-6-16-12(9)18-8-7-15-11(17)10-4-2-5-14-10;/h1,3,6,10,14H,2,4-5,7-8H2,(H,15,17);1H. The molecule has 1 aliphatic rings. The van der Waals surface area contributed by atoms with Crippen molar-refractivity contribution in [1.29, 1.82) is 0 Å². The van der Waals surface area contributed by atoms with E-state index < -0.39 is 0 Å². The number of aromatic nitrogens is 1. The van der Waals surface area contributed by atoms with Crippen LogP contribution in [-0.2, 0) is 4.79 Å². The van der Waals surface area contributed by atoms with Crippen LogP contribution in [0.5, 0.6) is 5.88 Å². The van der Waals surface area contributed by atoms with Crippen LogP contribution in [0.4, 0.5) is 0 Å². The monoisotopic (exact) mass is 305 g/mol. The van der Waals surface area contributed by atoms with Gasteiger partial charge in [-0.15, -0.1) is 12.4 Å². The van der Waals surface area contributed by atoms with Gasteiger partial charge in [-0.1, -0.05) is 11.6 Å². The average Bonchev–Trinajstić information content (AvgIpc) is 2.90. The van der Waals surface area contributed by atoms with Gasteiger partial charge in [-0.25, -0.2) is 4.98 Å². The molecular weight excluding hydrogens is 289 g/mol. The van der Waals surface area contributed by atoms with Crippen LogP contribution in [-0.4, -0.2) is 36.6 Å². The van der Waals surface area contributed by atoms with Crippen molar-refractivity contribution in [2.75, 3.05) is 19.7 Å². The predicted octanol–water partition coefficient (Wildman–Crippen LogP) is 1.40. The first-order valence-electron chi connectivity index (χ1n) is 6.02. The highest BCUT2D eigenvalue weighted by molar-refractivity contribution is 6.31. The molecule has 1 amide bonds. The number of amides is 1. The lowest BCUT2D eigenvalue weighted by Gasteiger charge is -2.11. The zero-order valence-electron chi connectivity index (χ0n) is 10.4. The maximum Gasteiger partial charge on any atom is 0.237 e. The van der Waals surface area contributed by atoms with E-state index in [0.29, 0.717) is 24.1 Å². The summed E-state index contributed by atoms with van der Waals surface area (Å²) < 4.78 is 5.37. The van der Waals surface area contributed by atoms with E-state index in [4.69, 9.17) is 16.3 Å². The molecule has 7 heteroatoms. The molecule has 5 nitrogen and oxygen atoms in total. The molecule has 1 atom stereocenters. The third-order valence-electron chi connectivity index (χ3n) is 2.74. The van der Waals surface area contributed by atoms with Gasteiger partial charge in [-0.3, -0.25) is 4.79 Å². The molecule has 2 heterocycles. The largest absolute Gasteiger partial charge is 0.475 e. The summed E-state index contributed by atoms with van der Waals surface area (Å²) in [6.45, 7) is 1.72. The Morgan fingerprint density at radius 3 is 3.16 bits per heavy atom. The van der Waals surface area contributed by atoms with Gasteiger partial charge in [0.2, 0.25) is 11.8 Å².